The highest BCUT2D eigenvalue weighted by molar-refractivity contribution is 6.61. The summed E-state index contributed by atoms with van der Waals surface area (Å²) < 4.78 is 4.64. The molecule has 0 spiro atoms. The van der Waals surface area contributed by atoms with Crippen LogP contribution in [0.15, 0.2) is 30.8 Å². The SMILES string of the molecule is C=Cc1ccc(CCCCCOC(=O)Cl)cc1. The number of benzene rings is 1. The lowest BCUT2D eigenvalue weighted by Gasteiger charge is -2.03. The van der Waals surface area contributed by atoms with Crippen LogP contribution < -0.4 is 0 Å². The number of hydrogen-bond donors (Lipinski definition) is 0. The van der Waals surface area contributed by atoms with Gasteiger partial charge in [0.25, 0.3) is 0 Å². The van der Waals surface area contributed by atoms with E-state index in [1.54, 1.807) is 0 Å². The Morgan fingerprint density at radius 2 is 1.94 bits per heavy atom. The van der Waals surface area contributed by atoms with E-state index in [2.05, 4.69) is 35.6 Å². The summed E-state index contributed by atoms with van der Waals surface area (Å²) in [6.45, 7) is 4.13. The van der Waals surface area contributed by atoms with Crippen molar-refractivity contribution < 1.29 is 9.53 Å². The number of unbranched alkanes of at least 4 members (excludes halogenated alkanes) is 2. The third kappa shape index (κ3) is 6.12. The van der Waals surface area contributed by atoms with E-state index >= 15 is 0 Å². The molecule has 0 atom stereocenters. The third-order valence-electron chi connectivity index (χ3n) is 2.54. The van der Waals surface area contributed by atoms with Crippen LogP contribution in [0, 0.1) is 0 Å². The lowest BCUT2D eigenvalue weighted by atomic mass is 10.1. The van der Waals surface area contributed by atoms with Gasteiger partial charge < -0.3 is 4.74 Å². The van der Waals surface area contributed by atoms with Crippen LogP contribution in [0.1, 0.15) is 30.4 Å². The molecular formula is C14H17ClO2. The normalized spacial score (nSPS) is 9.94. The summed E-state index contributed by atoms with van der Waals surface area (Å²) in [5.74, 6) is 0. The van der Waals surface area contributed by atoms with E-state index in [-0.39, 0.29) is 0 Å². The second kappa shape index (κ2) is 7.91. The van der Waals surface area contributed by atoms with Crippen LogP contribution >= 0.6 is 11.6 Å². The second-order valence-electron chi connectivity index (χ2n) is 3.84. The molecule has 0 bridgehead atoms. The Kier molecular flexibility index (Phi) is 6.41. The van der Waals surface area contributed by atoms with Gasteiger partial charge in [-0.3, -0.25) is 0 Å². The maximum Gasteiger partial charge on any atom is 0.403 e. The Labute approximate surface area is 107 Å². The van der Waals surface area contributed by atoms with Crippen LogP contribution in [0.4, 0.5) is 4.79 Å². The number of hydrogen-bond acceptors (Lipinski definition) is 2. The number of rotatable bonds is 7. The summed E-state index contributed by atoms with van der Waals surface area (Å²) in [7, 11) is 0. The molecule has 0 radical (unpaired) electrons. The smallest absolute Gasteiger partial charge is 0.403 e. The minimum Gasteiger partial charge on any atom is -0.454 e. The Balaban J connectivity index is 2.13. The molecule has 0 saturated carbocycles. The Bertz CT molecular complexity index is 357. The molecule has 1 rings (SSSR count). The van der Waals surface area contributed by atoms with E-state index in [4.69, 9.17) is 11.6 Å². The van der Waals surface area contributed by atoms with Crippen LogP contribution in [0.25, 0.3) is 6.08 Å². The molecule has 3 heteroatoms. The first kappa shape index (κ1) is 13.8. The zero-order chi connectivity index (χ0) is 12.5. The second-order valence-corrected chi connectivity index (χ2v) is 4.15. The topological polar surface area (TPSA) is 26.3 Å². The predicted molar refractivity (Wildman–Crippen MR) is 71.3 cm³/mol. The van der Waals surface area contributed by atoms with Crippen molar-refractivity contribution in [2.75, 3.05) is 6.61 Å². The van der Waals surface area contributed by atoms with Crippen molar-refractivity contribution in [3.8, 4) is 0 Å². The lowest BCUT2D eigenvalue weighted by molar-refractivity contribution is 0.171. The molecule has 0 saturated heterocycles. The van der Waals surface area contributed by atoms with Crippen LogP contribution in [0.3, 0.4) is 0 Å². The fourth-order valence-corrected chi connectivity index (χ4v) is 1.66. The molecular weight excluding hydrogens is 236 g/mol. The van der Waals surface area contributed by atoms with Crippen molar-refractivity contribution in [3.05, 3.63) is 42.0 Å². The summed E-state index contributed by atoms with van der Waals surface area (Å²) in [6.07, 6.45) is 5.88. The van der Waals surface area contributed by atoms with Crippen molar-refractivity contribution in [2.45, 2.75) is 25.7 Å². The fourth-order valence-electron chi connectivity index (χ4n) is 1.58. The summed E-state index contributed by atoms with van der Waals surface area (Å²) >= 11 is 5.05. The van der Waals surface area contributed by atoms with Gasteiger partial charge in [0.2, 0.25) is 0 Å². The van der Waals surface area contributed by atoms with E-state index in [0.29, 0.717) is 6.61 Å². The molecule has 17 heavy (non-hydrogen) atoms. The minimum absolute atomic E-state index is 0.414. The zero-order valence-electron chi connectivity index (χ0n) is 9.82. The van der Waals surface area contributed by atoms with Crippen molar-refractivity contribution in [1.29, 1.82) is 0 Å². The first-order chi connectivity index (χ1) is 8.22. The monoisotopic (exact) mass is 252 g/mol. The first-order valence-corrected chi connectivity index (χ1v) is 6.14. The number of halogens is 1. The fraction of sp³-hybridized carbons (Fsp3) is 0.357. The number of aryl methyl sites for hydroxylation is 1. The highest BCUT2D eigenvalue weighted by Crippen LogP contribution is 2.09. The summed E-state index contributed by atoms with van der Waals surface area (Å²) in [5, 5.41) is 0. The van der Waals surface area contributed by atoms with E-state index < -0.39 is 5.43 Å². The van der Waals surface area contributed by atoms with Crippen LogP contribution in [0.5, 0.6) is 0 Å². The minimum atomic E-state index is -0.718. The Morgan fingerprint density at radius 1 is 1.24 bits per heavy atom. The molecule has 0 unspecified atom stereocenters. The van der Waals surface area contributed by atoms with Gasteiger partial charge in [0, 0.05) is 11.6 Å². The molecule has 0 aliphatic heterocycles. The number of carbonyl (C=O) groups is 1. The highest BCUT2D eigenvalue weighted by atomic mass is 35.5. The van der Waals surface area contributed by atoms with Crippen LogP contribution in [-0.2, 0) is 11.2 Å². The Morgan fingerprint density at radius 3 is 2.53 bits per heavy atom. The van der Waals surface area contributed by atoms with Crippen molar-refractivity contribution >= 4 is 23.1 Å². The quantitative estimate of drug-likeness (QED) is 0.530. The van der Waals surface area contributed by atoms with E-state index in [0.717, 1.165) is 31.2 Å². The molecule has 1 aromatic rings. The Hall–Kier alpha value is -1.28. The lowest BCUT2D eigenvalue weighted by Crippen LogP contribution is -1.96. The van der Waals surface area contributed by atoms with Crippen LogP contribution in [0.2, 0.25) is 0 Å². The van der Waals surface area contributed by atoms with Gasteiger partial charge in [0.1, 0.15) is 0 Å². The van der Waals surface area contributed by atoms with E-state index in [1.165, 1.54) is 5.56 Å². The van der Waals surface area contributed by atoms with Gasteiger partial charge in [-0.15, -0.1) is 0 Å². The van der Waals surface area contributed by atoms with Crippen molar-refractivity contribution in [3.63, 3.8) is 0 Å². The van der Waals surface area contributed by atoms with E-state index in [9.17, 15) is 4.79 Å². The molecule has 0 amide bonds. The van der Waals surface area contributed by atoms with Crippen LogP contribution in [-0.4, -0.2) is 12.0 Å². The molecule has 0 fully saturated rings. The molecule has 0 heterocycles. The summed E-state index contributed by atoms with van der Waals surface area (Å²) in [5.41, 5.74) is 1.75. The average Bonchev–Trinajstić information content (AvgIpc) is 2.34. The summed E-state index contributed by atoms with van der Waals surface area (Å²) in [6, 6.07) is 8.38. The maximum atomic E-state index is 10.3. The van der Waals surface area contributed by atoms with E-state index in [1.807, 2.05) is 6.08 Å². The van der Waals surface area contributed by atoms with Gasteiger partial charge in [-0.05, 0) is 36.8 Å². The number of ether oxygens (including phenoxy) is 1. The standard InChI is InChI=1S/C14H17ClO2/c1-2-12-7-9-13(10-8-12)6-4-3-5-11-17-14(15)16/h2,7-10H,1,3-6,11H2. The van der Waals surface area contributed by atoms with Crippen molar-refractivity contribution in [2.24, 2.45) is 0 Å². The maximum absolute atomic E-state index is 10.3. The number of carbonyl (C=O) groups excluding carboxylic acids is 1. The molecule has 0 aliphatic rings. The third-order valence-corrected chi connectivity index (χ3v) is 2.65. The van der Waals surface area contributed by atoms with Gasteiger partial charge in [0.15, 0.2) is 0 Å². The predicted octanol–water partition coefficient (Wildman–Crippen LogP) is 4.42. The molecule has 2 nitrogen and oxygen atoms in total. The van der Waals surface area contributed by atoms with Gasteiger partial charge in [-0.2, -0.15) is 0 Å². The van der Waals surface area contributed by atoms with Gasteiger partial charge >= 0.3 is 5.43 Å². The summed E-state index contributed by atoms with van der Waals surface area (Å²) in [4.78, 5) is 10.3. The highest BCUT2D eigenvalue weighted by Gasteiger charge is 1.96. The molecule has 92 valence electrons. The van der Waals surface area contributed by atoms with Gasteiger partial charge in [0.05, 0.1) is 6.61 Å². The first-order valence-electron chi connectivity index (χ1n) is 5.76. The van der Waals surface area contributed by atoms with Gasteiger partial charge in [-0.25, -0.2) is 4.79 Å². The van der Waals surface area contributed by atoms with Crippen molar-refractivity contribution in [1.82, 2.24) is 0 Å². The molecule has 0 aliphatic carbocycles. The molecule has 0 N–H and O–H groups in total. The zero-order valence-corrected chi connectivity index (χ0v) is 10.6. The molecule has 1 aromatic carbocycles. The average molecular weight is 253 g/mol. The van der Waals surface area contributed by atoms with Gasteiger partial charge in [-0.1, -0.05) is 36.9 Å². The molecule has 0 aromatic heterocycles. The largest absolute Gasteiger partial charge is 0.454 e.